The van der Waals surface area contributed by atoms with Gasteiger partial charge >= 0.3 is 5.97 Å². The van der Waals surface area contributed by atoms with Crippen molar-refractivity contribution in [3.63, 3.8) is 0 Å². The lowest BCUT2D eigenvalue weighted by Crippen LogP contribution is -2.09. The van der Waals surface area contributed by atoms with Gasteiger partial charge in [0.05, 0.1) is 12.0 Å². The summed E-state index contributed by atoms with van der Waals surface area (Å²) in [6, 6.07) is 2.31. The molecule has 2 fully saturated rings. The second-order valence-corrected chi connectivity index (χ2v) is 6.23. The minimum atomic E-state index is -0.734. The number of hydrogen-bond acceptors (Lipinski definition) is 2. The molecule has 2 aliphatic rings. The van der Waals surface area contributed by atoms with Crippen molar-refractivity contribution in [1.29, 1.82) is 5.26 Å². The van der Waals surface area contributed by atoms with Crippen LogP contribution in [-0.2, 0) is 4.79 Å². The zero-order valence-corrected chi connectivity index (χ0v) is 11.1. The van der Waals surface area contributed by atoms with Crippen LogP contribution in [0.25, 0.3) is 0 Å². The summed E-state index contributed by atoms with van der Waals surface area (Å²) in [6.07, 6.45) is 7.78. The molecule has 0 saturated heterocycles. The van der Waals surface area contributed by atoms with Crippen molar-refractivity contribution in [3.8, 4) is 6.07 Å². The molecule has 0 aromatic rings. The predicted octanol–water partition coefficient (Wildman–Crippen LogP) is 3.37. The number of carboxylic acids is 1. The first kappa shape index (κ1) is 13.1. The van der Waals surface area contributed by atoms with Crippen LogP contribution in [0.4, 0.5) is 0 Å². The van der Waals surface area contributed by atoms with Crippen molar-refractivity contribution in [2.45, 2.75) is 46.0 Å². The first-order valence-corrected chi connectivity index (χ1v) is 6.83. The van der Waals surface area contributed by atoms with Gasteiger partial charge in [-0.1, -0.05) is 39.2 Å². The van der Waals surface area contributed by atoms with E-state index in [-0.39, 0.29) is 17.3 Å². The van der Waals surface area contributed by atoms with Crippen molar-refractivity contribution in [3.05, 3.63) is 11.6 Å². The molecular formula is C15H21NO2. The van der Waals surface area contributed by atoms with Crippen molar-refractivity contribution < 1.29 is 9.90 Å². The summed E-state index contributed by atoms with van der Waals surface area (Å²) < 4.78 is 0. The number of allylic oxidation sites excluding steroid dienone is 2. The Kier molecular flexibility index (Phi) is 3.47. The molecule has 2 aliphatic carbocycles. The van der Waals surface area contributed by atoms with Crippen LogP contribution in [0.5, 0.6) is 0 Å². The molecule has 2 unspecified atom stereocenters. The summed E-state index contributed by atoms with van der Waals surface area (Å²) in [6.45, 7) is 3.95. The fourth-order valence-corrected chi connectivity index (χ4v) is 3.33. The van der Waals surface area contributed by atoms with Crippen molar-refractivity contribution >= 4 is 5.97 Å². The lowest BCUT2D eigenvalue weighted by Gasteiger charge is -2.20. The lowest BCUT2D eigenvalue weighted by atomic mass is 9.83. The van der Waals surface area contributed by atoms with Gasteiger partial charge in [-0.25, -0.2) is 0 Å². The fraction of sp³-hybridized carbons (Fsp3) is 0.733. The Labute approximate surface area is 108 Å². The molecule has 0 aromatic carbocycles. The van der Waals surface area contributed by atoms with E-state index in [9.17, 15) is 10.1 Å². The molecule has 2 atom stereocenters. The summed E-state index contributed by atoms with van der Waals surface area (Å²) >= 11 is 0. The molecule has 2 saturated carbocycles. The van der Waals surface area contributed by atoms with E-state index < -0.39 is 5.97 Å². The quantitative estimate of drug-likeness (QED) is 0.778. The summed E-state index contributed by atoms with van der Waals surface area (Å²) in [5, 5.41) is 18.4. The van der Waals surface area contributed by atoms with Crippen LogP contribution in [0.2, 0.25) is 0 Å². The minimum absolute atomic E-state index is 0.0339. The molecule has 0 amide bonds. The minimum Gasteiger partial charge on any atom is -0.481 e. The Hall–Kier alpha value is -1.30. The monoisotopic (exact) mass is 247 g/mol. The SMILES string of the molecule is CC1(C)C(C=C(C#N)C2CCCCC2)C1C(=O)O. The third-order valence-electron chi connectivity index (χ3n) is 4.71. The topological polar surface area (TPSA) is 61.1 Å². The average molecular weight is 247 g/mol. The third kappa shape index (κ3) is 2.29. The number of rotatable bonds is 3. The van der Waals surface area contributed by atoms with Gasteiger partial charge in [0.1, 0.15) is 0 Å². The molecule has 0 heterocycles. The van der Waals surface area contributed by atoms with Gasteiger partial charge in [-0.2, -0.15) is 5.26 Å². The zero-order chi connectivity index (χ0) is 13.3. The van der Waals surface area contributed by atoms with Crippen LogP contribution >= 0.6 is 0 Å². The molecule has 2 rings (SSSR count). The van der Waals surface area contributed by atoms with E-state index in [0.717, 1.165) is 18.4 Å². The molecule has 0 aliphatic heterocycles. The van der Waals surface area contributed by atoms with E-state index in [1.54, 1.807) is 0 Å². The number of hydrogen-bond donors (Lipinski definition) is 1. The molecule has 0 spiro atoms. The summed E-state index contributed by atoms with van der Waals surface area (Å²) in [7, 11) is 0. The van der Waals surface area contributed by atoms with E-state index in [0.29, 0.717) is 5.92 Å². The average Bonchev–Trinajstić information content (AvgIpc) is 2.89. The highest BCUT2D eigenvalue weighted by molar-refractivity contribution is 5.76. The maximum atomic E-state index is 11.1. The fourth-order valence-electron chi connectivity index (χ4n) is 3.33. The van der Waals surface area contributed by atoms with Crippen molar-refractivity contribution in [2.75, 3.05) is 0 Å². The summed E-state index contributed by atoms with van der Waals surface area (Å²) in [4.78, 5) is 11.1. The predicted molar refractivity (Wildman–Crippen MR) is 68.7 cm³/mol. The van der Waals surface area contributed by atoms with E-state index in [1.165, 1.54) is 19.3 Å². The number of nitriles is 1. The molecule has 0 radical (unpaired) electrons. The Morgan fingerprint density at radius 2 is 1.94 bits per heavy atom. The number of carbonyl (C=O) groups is 1. The van der Waals surface area contributed by atoms with Crippen LogP contribution in [0.15, 0.2) is 11.6 Å². The van der Waals surface area contributed by atoms with Gasteiger partial charge in [-0.05, 0) is 30.1 Å². The van der Waals surface area contributed by atoms with Crippen LogP contribution in [0, 0.1) is 34.5 Å². The van der Waals surface area contributed by atoms with E-state index in [1.807, 2.05) is 19.9 Å². The van der Waals surface area contributed by atoms with Gasteiger partial charge in [0.25, 0.3) is 0 Å². The van der Waals surface area contributed by atoms with Gasteiger partial charge in [-0.15, -0.1) is 0 Å². The van der Waals surface area contributed by atoms with E-state index in [4.69, 9.17) is 5.11 Å². The Morgan fingerprint density at radius 1 is 1.33 bits per heavy atom. The number of carboxylic acid groups (broad SMARTS) is 1. The Balaban J connectivity index is 2.12. The maximum absolute atomic E-state index is 11.1. The molecule has 98 valence electrons. The molecule has 0 aromatic heterocycles. The molecule has 1 N–H and O–H groups in total. The molecule has 3 nitrogen and oxygen atoms in total. The lowest BCUT2D eigenvalue weighted by molar-refractivity contribution is -0.139. The number of nitrogens with zero attached hydrogens (tertiary/aromatic N) is 1. The molecule has 18 heavy (non-hydrogen) atoms. The van der Waals surface area contributed by atoms with Gasteiger partial charge in [-0.3, -0.25) is 4.79 Å². The molecular weight excluding hydrogens is 226 g/mol. The van der Waals surface area contributed by atoms with Crippen molar-refractivity contribution in [1.82, 2.24) is 0 Å². The standard InChI is InChI=1S/C15H21NO2/c1-15(2)12(13(15)14(17)18)8-11(9-16)10-6-4-3-5-7-10/h8,10,12-13H,3-7H2,1-2H3,(H,17,18). The third-order valence-corrected chi connectivity index (χ3v) is 4.71. The van der Waals surface area contributed by atoms with Crippen LogP contribution in [0.1, 0.15) is 46.0 Å². The van der Waals surface area contributed by atoms with Gasteiger partial charge in [0.15, 0.2) is 0 Å². The van der Waals surface area contributed by atoms with E-state index in [2.05, 4.69) is 6.07 Å². The van der Waals surface area contributed by atoms with Gasteiger partial charge < -0.3 is 5.11 Å². The molecule has 0 bridgehead atoms. The molecule has 3 heteroatoms. The second-order valence-electron chi connectivity index (χ2n) is 6.23. The highest BCUT2D eigenvalue weighted by atomic mass is 16.4. The maximum Gasteiger partial charge on any atom is 0.307 e. The highest BCUT2D eigenvalue weighted by Crippen LogP contribution is 2.59. The summed E-state index contributed by atoms with van der Waals surface area (Å²) in [5.74, 6) is -0.646. The summed E-state index contributed by atoms with van der Waals surface area (Å²) in [5.41, 5.74) is 0.638. The van der Waals surface area contributed by atoms with Crippen LogP contribution < -0.4 is 0 Å². The number of aliphatic carboxylic acids is 1. The van der Waals surface area contributed by atoms with E-state index >= 15 is 0 Å². The first-order chi connectivity index (χ1) is 8.48. The largest absolute Gasteiger partial charge is 0.481 e. The zero-order valence-electron chi connectivity index (χ0n) is 11.1. The highest BCUT2D eigenvalue weighted by Gasteiger charge is 2.61. The Morgan fingerprint density at radius 3 is 2.39 bits per heavy atom. The van der Waals surface area contributed by atoms with Crippen molar-refractivity contribution in [2.24, 2.45) is 23.2 Å². The van der Waals surface area contributed by atoms with Crippen LogP contribution in [0.3, 0.4) is 0 Å². The van der Waals surface area contributed by atoms with Gasteiger partial charge in [0.2, 0.25) is 0 Å². The van der Waals surface area contributed by atoms with Gasteiger partial charge in [0, 0.05) is 5.57 Å². The smallest absolute Gasteiger partial charge is 0.307 e. The second kappa shape index (κ2) is 4.76. The first-order valence-electron chi connectivity index (χ1n) is 6.83. The van der Waals surface area contributed by atoms with Crippen LogP contribution in [-0.4, -0.2) is 11.1 Å². The normalized spacial score (nSPS) is 31.7. The Bertz CT molecular complexity index is 411.